The Hall–Kier alpha value is -2.92. The monoisotopic (exact) mass is 366 g/mol. The van der Waals surface area contributed by atoms with Crippen LogP contribution < -0.4 is 16.0 Å². The summed E-state index contributed by atoms with van der Waals surface area (Å²) >= 11 is 0. The van der Waals surface area contributed by atoms with Crippen molar-refractivity contribution in [1.82, 2.24) is 10.6 Å². The van der Waals surface area contributed by atoms with Crippen molar-refractivity contribution >= 4 is 11.7 Å². The largest absolute Gasteiger partial charge is 0.389 e. The highest BCUT2D eigenvalue weighted by molar-refractivity contribution is 5.89. The van der Waals surface area contributed by atoms with E-state index in [1.807, 2.05) is 36.4 Å². The smallest absolute Gasteiger partial charge is 0.319 e. The highest BCUT2D eigenvalue weighted by Gasteiger charge is 2.35. The Morgan fingerprint density at radius 3 is 2.81 bits per heavy atom. The Kier molecular flexibility index (Phi) is 6.39. The maximum Gasteiger partial charge on any atom is 0.319 e. The first-order valence-electron chi connectivity index (χ1n) is 8.77. The molecule has 3 unspecified atom stereocenters. The maximum absolute atomic E-state index is 11.9. The summed E-state index contributed by atoms with van der Waals surface area (Å²) < 4.78 is 5.60. The van der Waals surface area contributed by atoms with Gasteiger partial charge in [0.1, 0.15) is 6.10 Å². The number of aliphatic hydroxyl groups is 1. The van der Waals surface area contributed by atoms with E-state index in [9.17, 15) is 9.90 Å². The van der Waals surface area contributed by atoms with Crippen LogP contribution >= 0.6 is 0 Å². The van der Waals surface area contributed by atoms with Gasteiger partial charge in [0.15, 0.2) is 0 Å². The highest BCUT2D eigenvalue weighted by Crippen LogP contribution is 2.15. The average Bonchev–Trinajstić information content (AvgIpc) is 3.05. The number of carbonyl (C=O) groups excluding carboxylic acids is 1. The second-order valence-corrected chi connectivity index (χ2v) is 6.36. The summed E-state index contributed by atoms with van der Waals surface area (Å²) in [6, 6.07) is 18.0. The van der Waals surface area contributed by atoms with Crippen LogP contribution in [0.15, 0.2) is 54.6 Å². The molecule has 1 heterocycles. The first kappa shape index (κ1) is 18.9. The molecule has 7 nitrogen and oxygen atoms in total. The van der Waals surface area contributed by atoms with Gasteiger partial charge in [-0.05, 0) is 29.8 Å². The third kappa shape index (κ3) is 5.28. The minimum Gasteiger partial charge on any atom is -0.389 e. The van der Waals surface area contributed by atoms with E-state index in [2.05, 4.69) is 22.0 Å². The van der Waals surface area contributed by atoms with Crippen molar-refractivity contribution < 1.29 is 14.6 Å². The molecular weight excluding hydrogens is 344 g/mol. The number of aliphatic hydroxyl groups excluding tert-OH is 1. The standard InChI is InChI=1S/C20H22N4O3/c21-10-14-5-4-6-15(9-14)11-22-17-13-27-18(19(17)25)12-23-20(26)24-16-7-2-1-3-8-16/h1-9,17-19,22,25H,11-13H2,(H2,23,24,26). The fourth-order valence-electron chi connectivity index (χ4n) is 2.93. The molecule has 3 rings (SSSR count). The minimum atomic E-state index is -0.735. The molecule has 2 aromatic rings. The number of rotatable bonds is 6. The highest BCUT2D eigenvalue weighted by atomic mass is 16.5. The topological polar surface area (TPSA) is 106 Å². The number of nitrogens with zero attached hydrogens (tertiary/aromatic N) is 1. The maximum atomic E-state index is 11.9. The summed E-state index contributed by atoms with van der Waals surface area (Å²) in [5.74, 6) is 0. The summed E-state index contributed by atoms with van der Waals surface area (Å²) in [6.07, 6.45) is -1.21. The third-order valence-corrected chi connectivity index (χ3v) is 4.40. The van der Waals surface area contributed by atoms with Gasteiger partial charge in [0, 0.05) is 18.8 Å². The molecule has 0 aliphatic carbocycles. The van der Waals surface area contributed by atoms with Gasteiger partial charge < -0.3 is 25.8 Å². The van der Waals surface area contributed by atoms with E-state index in [1.165, 1.54) is 0 Å². The quantitative estimate of drug-likeness (QED) is 0.621. The van der Waals surface area contributed by atoms with Crippen LogP contribution in [0.5, 0.6) is 0 Å². The Bertz CT molecular complexity index is 806. The molecule has 3 atom stereocenters. The average molecular weight is 366 g/mol. The first-order valence-corrected chi connectivity index (χ1v) is 8.77. The Balaban J connectivity index is 1.43. The summed E-state index contributed by atoms with van der Waals surface area (Å²) in [4.78, 5) is 11.9. The molecule has 4 N–H and O–H groups in total. The van der Waals surface area contributed by atoms with Gasteiger partial charge >= 0.3 is 6.03 Å². The molecule has 0 spiro atoms. The number of ether oxygens (including phenoxy) is 1. The van der Waals surface area contributed by atoms with E-state index < -0.39 is 12.2 Å². The van der Waals surface area contributed by atoms with E-state index in [1.54, 1.807) is 18.2 Å². The predicted molar refractivity (Wildman–Crippen MR) is 101 cm³/mol. The lowest BCUT2D eigenvalue weighted by molar-refractivity contribution is 0.0428. The molecule has 7 heteroatoms. The second kappa shape index (κ2) is 9.14. The van der Waals surface area contributed by atoms with Crippen molar-refractivity contribution in [1.29, 1.82) is 5.26 Å². The molecule has 0 saturated carbocycles. The number of nitriles is 1. The molecule has 0 aromatic heterocycles. The lowest BCUT2D eigenvalue weighted by Crippen LogP contribution is -2.45. The Morgan fingerprint density at radius 2 is 2.04 bits per heavy atom. The van der Waals surface area contributed by atoms with Gasteiger partial charge in [-0.1, -0.05) is 30.3 Å². The summed E-state index contributed by atoms with van der Waals surface area (Å²) in [5.41, 5.74) is 2.26. The number of benzene rings is 2. The molecule has 1 fully saturated rings. The van der Waals surface area contributed by atoms with Crippen LogP contribution in [0.1, 0.15) is 11.1 Å². The SMILES string of the molecule is N#Cc1cccc(CNC2COC(CNC(=O)Nc3ccccc3)C2O)c1. The lowest BCUT2D eigenvalue weighted by atomic mass is 10.1. The van der Waals surface area contributed by atoms with Crippen molar-refractivity contribution in [2.45, 2.75) is 24.8 Å². The number of carbonyl (C=O) groups is 1. The zero-order valence-corrected chi connectivity index (χ0v) is 14.8. The van der Waals surface area contributed by atoms with E-state index in [-0.39, 0.29) is 18.6 Å². The van der Waals surface area contributed by atoms with Crippen LogP contribution in [-0.2, 0) is 11.3 Å². The molecule has 1 aliphatic rings. The van der Waals surface area contributed by atoms with Crippen molar-refractivity contribution in [3.8, 4) is 6.07 Å². The van der Waals surface area contributed by atoms with Crippen molar-refractivity contribution in [3.63, 3.8) is 0 Å². The van der Waals surface area contributed by atoms with Gasteiger partial charge in [-0.2, -0.15) is 5.26 Å². The lowest BCUT2D eigenvalue weighted by Gasteiger charge is -2.19. The zero-order chi connectivity index (χ0) is 19.1. The van der Waals surface area contributed by atoms with Crippen LogP contribution in [0.4, 0.5) is 10.5 Å². The van der Waals surface area contributed by atoms with E-state index in [4.69, 9.17) is 10.00 Å². The molecule has 0 radical (unpaired) electrons. The number of anilines is 1. The molecule has 1 aliphatic heterocycles. The van der Waals surface area contributed by atoms with Crippen molar-refractivity contribution in [2.75, 3.05) is 18.5 Å². The number of amides is 2. The van der Waals surface area contributed by atoms with Gasteiger partial charge in [-0.15, -0.1) is 0 Å². The molecule has 0 bridgehead atoms. The van der Waals surface area contributed by atoms with Gasteiger partial charge in [0.2, 0.25) is 0 Å². The van der Waals surface area contributed by atoms with Crippen LogP contribution in [-0.4, -0.2) is 42.5 Å². The van der Waals surface area contributed by atoms with Crippen LogP contribution in [0.3, 0.4) is 0 Å². The Morgan fingerprint density at radius 1 is 1.22 bits per heavy atom. The predicted octanol–water partition coefficient (Wildman–Crippen LogP) is 1.60. The molecule has 140 valence electrons. The second-order valence-electron chi connectivity index (χ2n) is 6.36. The molecule has 2 aromatic carbocycles. The number of urea groups is 1. The normalized spacial score (nSPS) is 21.4. The molecule has 27 heavy (non-hydrogen) atoms. The number of hydrogen-bond donors (Lipinski definition) is 4. The zero-order valence-electron chi connectivity index (χ0n) is 14.8. The summed E-state index contributed by atoms with van der Waals surface area (Å²) in [6.45, 7) is 1.09. The number of hydrogen-bond acceptors (Lipinski definition) is 5. The molecular formula is C20H22N4O3. The fraction of sp³-hybridized carbons (Fsp3) is 0.300. The van der Waals surface area contributed by atoms with E-state index in [0.717, 1.165) is 5.56 Å². The molecule has 1 saturated heterocycles. The van der Waals surface area contributed by atoms with Gasteiger partial charge in [0.25, 0.3) is 0 Å². The molecule has 2 amide bonds. The third-order valence-electron chi connectivity index (χ3n) is 4.40. The van der Waals surface area contributed by atoms with E-state index in [0.29, 0.717) is 24.4 Å². The first-order chi connectivity index (χ1) is 13.2. The van der Waals surface area contributed by atoms with Crippen molar-refractivity contribution in [2.24, 2.45) is 0 Å². The minimum absolute atomic E-state index is 0.210. The summed E-state index contributed by atoms with van der Waals surface area (Å²) in [5, 5.41) is 28.0. The Labute approximate surface area is 158 Å². The van der Waals surface area contributed by atoms with Crippen LogP contribution in [0.2, 0.25) is 0 Å². The van der Waals surface area contributed by atoms with Gasteiger partial charge in [0.05, 0.1) is 30.4 Å². The van der Waals surface area contributed by atoms with Gasteiger partial charge in [-0.3, -0.25) is 0 Å². The van der Waals surface area contributed by atoms with Crippen LogP contribution in [0.25, 0.3) is 0 Å². The number of para-hydroxylation sites is 1. The van der Waals surface area contributed by atoms with E-state index >= 15 is 0 Å². The van der Waals surface area contributed by atoms with Crippen molar-refractivity contribution in [3.05, 3.63) is 65.7 Å². The number of nitrogens with one attached hydrogen (secondary N) is 3. The fourth-order valence-corrected chi connectivity index (χ4v) is 2.93. The van der Waals surface area contributed by atoms with Gasteiger partial charge in [-0.25, -0.2) is 4.79 Å². The van der Waals surface area contributed by atoms with Crippen LogP contribution in [0, 0.1) is 11.3 Å². The summed E-state index contributed by atoms with van der Waals surface area (Å²) in [7, 11) is 0.